The highest BCUT2D eigenvalue weighted by Gasteiger charge is 2.18. The Bertz CT molecular complexity index is 1010. The van der Waals surface area contributed by atoms with Gasteiger partial charge >= 0.3 is 0 Å². The van der Waals surface area contributed by atoms with Gasteiger partial charge in [0.25, 0.3) is 5.91 Å². The highest BCUT2D eigenvalue weighted by molar-refractivity contribution is 6.05. The van der Waals surface area contributed by atoms with E-state index in [1.54, 1.807) is 60.0 Å². The lowest BCUT2D eigenvalue weighted by Gasteiger charge is -2.11. The number of nitrogens with one attached hydrogen (secondary N) is 2. The van der Waals surface area contributed by atoms with Gasteiger partial charge in [0, 0.05) is 29.7 Å². The zero-order chi connectivity index (χ0) is 19.6. The number of hydrogen-bond acceptors (Lipinski definition) is 2. The second-order valence-electron chi connectivity index (χ2n) is 6.28. The van der Waals surface area contributed by atoms with Crippen molar-refractivity contribution in [2.75, 3.05) is 10.6 Å². The number of amides is 2. The third-order valence-corrected chi connectivity index (χ3v) is 4.23. The first kappa shape index (κ1) is 18.4. The maximum Gasteiger partial charge on any atom is 0.257 e. The van der Waals surface area contributed by atoms with E-state index >= 15 is 0 Å². The van der Waals surface area contributed by atoms with Crippen LogP contribution < -0.4 is 10.6 Å². The molecule has 0 unspecified atom stereocenters. The summed E-state index contributed by atoms with van der Waals surface area (Å²) in [6.45, 7) is 5.05. The molecule has 0 bridgehead atoms. The van der Waals surface area contributed by atoms with E-state index in [0.717, 1.165) is 5.69 Å². The predicted molar refractivity (Wildman–Crippen MR) is 104 cm³/mol. The molecule has 5 nitrogen and oxygen atoms in total. The van der Waals surface area contributed by atoms with E-state index in [1.807, 2.05) is 6.92 Å². The minimum absolute atomic E-state index is 0.160. The fraction of sp³-hybridized carbons (Fsp3) is 0.143. The molecule has 0 atom stereocenters. The molecular formula is C21H20FN3O2. The summed E-state index contributed by atoms with van der Waals surface area (Å²) >= 11 is 0. The number of carbonyl (C=O) groups excluding carboxylic acids is 2. The molecule has 0 spiro atoms. The Morgan fingerprint density at radius 1 is 0.926 bits per heavy atom. The smallest absolute Gasteiger partial charge is 0.257 e. The summed E-state index contributed by atoms with van der Waals surface area (Å²) in [4.78, 5) is 23.8. The zero-order valence-electron chi connectivity index (χ0n) is 15.3. The van der Waals surface area contributed by atoms with E-state index in [0.29, 0.717) is 28.3 Å². The summed E-state index contributed by atoms with van der Waals surface area (Å²) in [5.41, 5.74) is 3.56. The molecular weight excluding hydrogens is 345 g/mol. The molecule has 138 valence electrons. The quantitative estimate of drug-likeness (QED) is 0.718. The highest BCUT2D eigenvalue weighted by atomic mass is 19.1. The zero-order valence-corrected chi connectivity index (χ0v) is 15.3. The minimum Gasteiger partial charge on any atom is -0.326 e. The van der Waals surface area contributed by atoms with Gasteiger partial charge in [-0.15, -0.1) is 0 Å². The Hall–Kier alpha value is -3.41. The van der Waals surface area contributed by atoms with Crippen LogP contribution in [0, 0.1) is 19.7 Å². The van der Waals surface area contributed by atoms with Crippen LogP contribution in [0.25, 0.3) is 5.69 Å². The normalized spacial score (nSPS) is 10.5. The van der Waals surface area contributed by atoms with Gasteiger partial charge in [0.2, 0.25) is 5.91 Å². The summed E-state index contributed by atoms with van der Waals surface area (Å²) in [7, 11) is 0. The Labute approximate surface area is 156 Å². The molecule has 0 radical (unpaired) electrons. The number of carbonyl (C=O) groups is 2. The Morgan fingerprint density at radius 3 is 2.11 bits per heavy atom. The molecule has 0 aliphatic heterocycles. The average Bonchev–Trinajstić information content (AvgIpc) is 2.91. The van der Waals surface area contributed by atoms with E-state index in [1.165, 1.54) is 13.0 Å². The van der Waals surface area contributed by atoms with Gasteiger partial charge < -0.3 is 15.2 Å². The Balaban J connectivity index is 1.85. The van der Waals surface area contributed by atoms with Crippen molar-refractivity contribution in [1.82, 2.24) is 4.57 Å². The number of nitrogens with zero attached hydrogens (tertiary/aromatic N) is 1. The maximum absolute atomic E-state index is 14.2. The number of para-hydroxylation sites is 1. The first-order valence-corrected chi connectivity index (χ1v) is 8.49. The van der Waals surface area contributed by atoms with Gasteiger partial charge in [-0.1, -0.05) is 12.1 Å². The number of benzene rings is 2. The van der Waals surface area contributed by atoms with Crippen LogP contribution in [0.5, 0.6) is 0 Å². The van der Waals surface area contributed by atoms with Crippen molar-refractivity contribution in [3.8, 4) is 5.69 Å². The molecule has 3 rings (SSSR count). The second-order valence-corrected chi connectivity index (χ2v) is 6.28. The topological polar surface area (TPSA) is 63.1 Å². The van der Waals surface area contributed by atoms with E-state index < -0.39 is 0 Å². The molecule has 2 amide bonds. The van der Waals surface area contributed by atoms with Crippen LogP contribution in [-0.4, -0.2) is 16.4 Å². The Morgan fingerprint density at radius 2 is 1.52 bits per heavy atom. The van der Waals surface area contributed by atoms with Gasteiger partial charge in [-0.2, -0.15) is 0 Å². The second kappa shape index (κ2) is 7.45. The van der Waals surface area contributed by atoms with Gasteiger partial charge in [0.05, 0.1) is 11.3 Å². The standard InChI is InChI=1S/C21H20FN3O2/c1-13-12-18(14(2)25(13)20-7-5-4-6-19(20)22)21(27)24-17-10-8-16(9-11-17)23-15(3)26/h4-12H,1-3H3,(H,23,26)(H,24,27). The molecule has 3 aromatic rings. The molecule has 1 aromatic heterocycles. The van der Waals surface area contributed by atoms with Crippen LogP contribution in [0.15, 0.2) is 54.6 Å². The van der Waals surface area contributed by atoms with Crippen LogP contribution in [0.3, 0.4) is 0 Å². The van der Waals surface area contributed by atoms with Crippen molar-refractivity contribution < 1.29 is 14.0 Å². The molecule has 1 heterocycles. The van der Waals surface area contributed by atoms with Gasteiger partial charge in [-0.05, 0) is 56.3 Å². The van der Waals surface area contributed by atoms with Gasteiger partial charge in [-0.3, -0.25) is 9.59 Å². The lowest BCUT2D eigenvalue weighted by molar-refractivity contribution is -0.114. The fourth-order valence-corrected chi connectivity index (χ4v) is 3.04. The average molecular weight is 365 g/mol. The van der Waals surface area contributed by atoms with Crippen molar-refractivity contribution in [3.63, 3.8) is 0 Å². The van der Waals surface area contributed by atoms with E-state index in [2.05, 4.69) is 10.6 Å². The van der Waals surface area contributed by atoms with Crippen LogP contribution in [0.2, 0.25) is 0 Å². The Kier molecular flexibility index (Phi) is 5.07. The van der Waals surface area contributed by atoms with Crippen molar-refractivity contribution in [3.05, 3.63) is 77.4 Å². The number of rotatable bonds is 4. The number of halogens is 1. The fourth-order valence-electron chi connectivity index (χ4n) is 3.04. The van der Waals surface area contributed by atoms with Crippen LogP contribution in [0.1, 0.15) is 28.7 Å². The summed E-state index contributed by atoms with van der Waals surface area (Å²) in [6.07, 6.45) is 0. The molecule has 0 aliphatic rings. The molecule has 0 fully saturated rings. The van der Waals surface area contributed by atoms with E-state index in [4.69, 9.17) is 0 Å². The van der Waals surface area contributed by atoms with Crippen molar-refractivity contribution >= 4 is 23.2 Å². The SMILES string of the molecule is CC(=O)Nc1ccc(NC(=O)c2cc(C)n(-c3ccccc3F)c2C)cc1. The van der Waals surface area contributed by atoms with Gasteiger partial charge in [0.15, 0.2) is 0 Å². The van der Waals surface area contributed by atoms with Gasteiger partial charge in [0.1, 0.15) is 5.82 Å². The van der Waals surface area contributed by atoms with E-state index in [-0.39, 0.29) is 17.6 Å². The molecule has 0 saturated carbocycles. The third-order valence-electron chi connectivity index (χ3n) is 4.23. The molecule has 27 heavy (non-hydrogen) atoms. The van der Waals surface area contributed by atoms with Crippen LogP contribution in [-0.2, 0) is 4.79 Å². The molecule has 0 saturated heterocycles. The van der Waals surface area contributed by atoms with Crippen LogP contribution >= 0.6 is 0 Å². The third kappa shape index (κ3) is 3.89. The van der Waals surface area contributed by atoms with Crippen molar-refractivity contribution in [2.24, 2.45) is 0 Å². The lowest BCUT2D eigenvalue weighted by Crippen LogP contribution is -2.13. The summed E-state index contributed by atoms with van der Waals surface area (Å²) < 4.78 is 15.9. The maximum atomic E-state index is 14.2. The minimum atomic E-state index is -0.347. The molecule has 2 N–H and O–H groups in total. The monoisotopic (exact) mass is 365 g/mol. The molecule has 2 aromatic carbocycles. The summed E-state index contributed by atoms with van der Waals surface area (Å²) in [6, 6.07) is 15.0. The van der Waals surface area contributed by atoms with Crippen LogP contribution in [0.4, 0.5) is 15.8 Å². The van der Waals surface area contributed by atoms with Crippen molar-refractivity contribution in [1.29, 1.82) is 0 Å². The van der Waals surface area contributed by atoms with Gasteiger partial charge in [-0.25, -0.2) is 4.39 Å². The first-order chi connectivity index (χ1) is 12.9. The number of anilines is 2. The van der Waals surface area contributed by atoms with Crippen molar-refractivity contribution in [2.45, 2.75) is 20.8 Å². The number of aromatic nitrogens is 1. The lowest BCUT2D eigenvalue weighted by atomic mass is 10.2. The predicted octanol–water partition coefficient (Wildman–Crippen LogP) is 4.44. The number of hydrogen-bond donors (Lipinski definition) is 2. The first-order valence-electron chi connectivity index (χ1n) is 8.49. The largest absolute Gasteiger partial charge is 0.326 e. The van der Waals surface area contributed by atoms with E-state index in [9.17, 15) is 14.0 Å². The number of aryl methyl sites for hydroxylation is 1. The highest BCUT2D eigenvalue weighted by Crippen LogP contribution is 2.24. The molecule has 6 heteroatoms. The summed E-state index contributed by atoms with van der Waals surface area (Å²) in [5.74, 6) is -0.787. The molecule has 0 aliphatic carbocycles. The summed E-state index contributed by atoms with van der Waals surface area (Å²) in [5, 5.41) is 5.50.